The van der Waals surface area contributed by atoms with E-state index in [1.165, 1.54) is 0 Å². The fourth-order valence-electron chi connectivity index (χ4n) is 2.41. The maximum atomic E-state index is 8.90. The van der Waals surface area contributed by atoms with Gasteiger partial charge in [-0.25, -0.2) is 0 Å². The van der Waals surface area contributed by atoms with Gasteiger partial charge in [0.1, 0.15) is 14.4 Å². The molecule has 0 aliphatic carbocycles. The van der Waals surface area contributed by atoms with Crippen LogP contribution in [0.2, 0.25) is 0 Å². The van der Waals surface area contributed by atoms with Crippen LogP contribution < -0.4 is 0 Å². The Bertz CT molecular complexity index is 360. The van der Waals surface area contributed by atoms with E-state index in [1.54, 1.807) is 0 Å². The third-order valence-electron chi connectivity index (χ3n) is 3.17. The first-order valence-corrected chi connectivity index (χ1v) is 8.55. The maximum absolute atomic E-state index is 8.90. The number of hydrogen-bond donors (Lipinski definition) is 1. The van der Waals surface area contributed by atoms with Crippen molar-refractivity contribution >= 4 is 8.30 Å². The van der Waals surface area contributed by atoms with Crippen LogP contribution >= 0.6 is 8.30 Å². The Morgan fingerprint density at radius 1 is 1.55 bits per heavy atom. The quantitative estimate of drug-likeness (QED) is 0.663. The Balaban J connectivity index is 2.80. The zero-order valence-corrected chi connectivity index (χ0v) is 13.7. The van der Waals surface area contributed by atoms with Gasteiger partial charge in [0, 0.05) is 31.2 Å². The molecule has 1 N–H and O–H groups in total. The van der Waals surface area contributed by atoms with Crippen LogP contribution in [0.5, 0.6) is 0 Å². The molecule has 1 rings (SSSR count). The molecule has 6 heteroatoms. The maximum Gasteiger partial charge on any atom is 0.210 e. The summed E-state index contributed by atoms with van der Waals surface area (Å²) in [6.45, 7) is 7.94. The largest absolute Gasteiger partial charge is 0.394 e. The highest BCUT2D eigenvalue weighted by Crippen LogP contribution is 2.47. The van der Waals surface area contributed by atoms with E-state index < -0.39 is 14.9 Å². The lowest BCUT2D eigenvalue weighted by atomic mass is 10.2. The first-order chi connectivity index (χ1) is 10.4. The predicted octanol–water partition coefficient (Wildman–Crippen LogP) is 2.50. The number of rotatable bonds is 9. The van der Waals surface area contributed by atoms with Gasteiger partial charge in [0.2, 0.25) is 1.43 Å². The third-order valence-corrected chi connectivity index (χ3v) is 5.73. The van der Waals surface area contributed by atoms with Gasteiger partial charge in [-0.3, -0.25) is 4.67 Å². The van der Waals surface area contributed by atoms with Gasteiger partial charge in [0.05, 0.1) is 20.2 Å². The van der Waals surface area contributed by atoms with Gasteiger partial charge in [-0.2, -0.15) is 5.26 Å². The molecule has 1 saturated heterocycles. The monoisotopic (exact) mass is 306 g/mol. The molecule has 4 atom stereocenters. The van der Waals surface area contributed by atoms with Crippen LogP contribution in [0.4, 0.5) is 0 Å². The van der Waals surface area contributed by atoms with E-state index in [0.717, 1.165) is 0 Å². The number of ether oxygens (including phenoxy) is 1. The molecular formula is C14H27N2O3P. The lowest BCUT2D eigenvalue weighted by Gasteiger charge is -2.38. The highest BCUT2D eigenvalue weighted by molar-refractivity contribution is 7.50. The molecule has 20 heavy (non-hydrogen) atoms. The zero-order chi connectivity index (χ0) is 16.7. The van der Waals surface area contributed by atoms with E-state index in [0.29, 0.717) is 31.1 Å². The lowest BCUT2D eigenvalue weighted by Crippen LogP contribution is -2.36. The molecule has 1 aliphatic rings. The summed E-state index contributed by atoms with van der Waals surface area (Å²) in [5.41, 5.74) is 0. The summed E-state index contributed by atoms with van der Waals surface area (Å²) in [7, 11) is -0.946. The van der Waals surface area contributed by atoms with Crippen LogP contribution in [0.1, 0.15) is 41.9 Å². The molecule has 116 valence electrons. The van der Waals surface area contributed by atoms with Crippen LogP contribution in [0.25, 0.3) is 0 Å². The van der Waals surface area contributed by atoms with Crippen LogP contribution in [0.3, 0.4) is 0 Å². The Labute approximate surface area is 126 Å². The van der Waals surface area contributed by atoms with E-state index in [4.69, 9.17) is 17.3 Å². The second kappa shape index (κ2) is 8.92. The summed E-state index contributed by atoms with van der Waals surface area (Å²) in [6, 6.07) is 2.81. The first-order valence-electron chi connectivity index (χ1n) is 8.14. The van der Waals surface area contributed by atoms with E-state index in [-0.39, 0.29) is 18.8 Å². The van der Waals surface area contributed by atoms with Crippen molar-refractivity contribution in [3.8, 4) is 6.07 Å². The van der Waals surface area contributed by atoms with Crippen molar-refractivity contribution in [3.63, 3.8) is 0 Å². The van der Waals surface area contributed by atoms with Gasteiger partial charge in [0.15, 0.2) is 0 Å². The van der Waals surface area contributed by atoms with E-state index in [2.05, 4.69) is 43.5 Å². The van der Waals surface area contributed by atoms with Gasteiger partial charge in [-0.05, 0) is 34.1 Å². The van der Waals surface area contributed by atoms with Crippen LogP contribution in [-0.2, 0) is 9.26 Å². The minimum atomic E-state index is -0.946. The number of nitriles is 1. The van der Waals surface area contributed by atoms with Gasteiger partial charge < -0.3 is 14.4 Å². The number of hydrogen-bond acceptors (Lipinski definition) is 5. The fraction of sp³-hybridized carbons (Fsp3) is 0.929. The third kappa shape index (κ3) is 4.95. The summed E-state index contributed by atoms with van der Waals surface area (Å²) in [6.07, 6.45) is 0.962. The molecule has 0 spiro atoms. The smallest absolute Gasteiger partial charge is 0.210 e. The summed E-state index contributed by atoms with van der Waals surface area (Å²) >= 11 is 0. The van der Waals surface area contributed by atoms with Gasteiger partial charge in [0.25, 0.3) is 0 Å². The van der Waals surface area contributed by atoms with Crippen molar-refractivity contribution < 1.29 is 15.7 Å². The van der Waals surface area contributed by atoms with Crippen LogP contribution in [0, 0.1) is 11.3 Å². The normalized spacial score (nSPS) is 29.6. The molecule has 0 aromatic rings. The summed E-state index contributed by atoms with van der Waals surface area (Å²) in [4.78, 5) is 0. The van der Waals surface area contributed by atoms with Crippen molar-refractivity contribution in [1.29, 1.82) is 6.69 Å². The fourth-order valence-corrected chi connectivity index (χ4v) is 4.71. The SMILES string of the molecule is [3H]OC[C@H]1O[C@@H]([3H])C[C@H]1OP(CCC#N)N(C(C)C)C(C)C. The molecule has 0 saturated carbocycles. The first kappa shape index (κ1) is 14.7. The molecule has 0 radical (unpaired) electrons. The molecule has 0 bridgehead atoms. The second-order valence-corrected chi connectivity index (χ2v) is 7.26. The topological polar surface area (TPSA) is 65.7 Å². The number of aliphatic hydroxyl groups is 1. The van der Waals surface area contributed by atoms with Crippen molar-refractivity contribution in [2.24, 2.45) is 0 Å². The molecular weight excluding hydrogens is 275 g/mol. The number of aliphatic hydroxyl groups excluding tert-OH is 1. The Kier molecular flexibility index (Phi) is 6.55. The lowest BCUT2D eigenvalue weighted by molar-refractivity contribution is 0.0132. The van der Waals surface area contributed by atoms with Crippen LogP contribution in [0.15, 0.2) is 0 Å². The molecule has 1 aliphatic heterocycles. The standard InChI is InChI=1S/C14H27N2O3P/c1-11(2)16(12(3)4)20(9-5-7-15)19-13-6-8-18-14(13)10-17/h11-14,17H,5-6,8-10H2,1-4H3/t13-,14-,20?/m1/s1/i8T,17T/t8-,13+,14+,20?/m0. The van der Waals surface area contributed by atoms with E-state index >= 15 is 0 Å². The molecule has 0 aromatic carbocycles. The summed E-state index contributed by atoms with van der Waals surface area (Å²) in [5.74, 6) is 0. The molecule has 1 fully saturated rings. The Morgan fingerprint density at radius 3 is 2.80 bits per heavy atom. The predicted molar refractivity (Wildman–Crippen MR) is 80.4 cm³/mol. The summed E-state index contributed by atoms with van der Waals surface area (Å²) in [5, 5.41) is 13.3. The van der Waals surface area contributed by atoms with Crippen LogP contribution in [-0.4, -0.2) is 54.9 Å². The summed E-state index contributed by atoms with van der Waals surface area (Å²) < 4.78 is 28.6. The number of nitrogens with zero attached hydrogens (tertiary/aromatic N) is 2. The zero-order valence-electron chi connectivity index (χ0n) is 14.8. The Morgan fingerprint density at radius 2 is 2.25 bits per heavy atom. The van der Waals surface area contributed by atoms with Gasteiger partial charge in [-0.15, -0.1) is 0 Å². The molecule has 1 heterocycles. The Hall–Kier alpha value is -0.240. The van der Waals surface area contributed by atoms with Crippen molar-refractivity contribution in [1.82, 2.24) is 4.67 Å². The average molecular weight is 306 g/mol. The van der Waals surface area contributed by atoms with E-state index in [9.17, 15) is 0 Å². The van der Waals surface area contributed by atoms with E-state index in [1.807, 2.05) is 0 Å². The van der Waals surface area contributed by atoms with Crippen molar-refractivity contribution in [2.45, 2.75) is 64.8 Å². The van der Waals surface area contributed by atoms with Gasteiger partial charge in [-0.1, -0.05) is 0 Å². The highest BCUT2D eigenvalue weighted by atomic mass is 31.2. The molecule has 1 unspecified atom stereocenters. The minimum absolute atomic E-state index is 0.102. The molecule has 0 aromatic heterocycles. The molecule has 5 nitrogen and oxygen atoms in total. The average Bonchev–Trinajstić information content (AvgIpc) is 2.75. The molecule has 0 amide bonds. The van der Waals surface area contributed by atoms with Gasteiger partial charge >= 0.3 is 0 Å². The highest BCUT2D eigenvalue weighted by Gasteiger charge is 2.34. The van der Waals surface area contributed by atoms with Crippen molar-refractivity contribution in [3.05, 3.63) is 0 Å². The minimum Gasteiger partial charge on any atom is -0.394 e. The second-order valence-electron chi connectivity index (χ2n) is 5.44. The van der Waals surface area contributed by atoms with Crippen molar-refractivity contribution in [2.75, 3.05) is 19.4 Å².